The number of ether oxygens (including phenoxy) is 1. The van der Waals surface area contributed by atoms with Gasteiger partial charge in [-0.1, -0.05) is 18.2 Å². The Bertz CT molecular complexity index is 791. The third-order valence-electron chi connectivity index (χ3n) is 3.81. The van der Waals surface area contributed by atoms with E-state index in [4.69, 9.17) is 4.74 Å². The fourth-order valence-electron chi connectivity index (χ4n) is 2.62. The van der Waals surface area contributed by atoms with Crippen LogP contribution in [-0.2, 0) is 4.79 Å². The minimum absolute atomic E-state index is 0.138. The van der Waals surface area contributed by atoms with E-state index in [1.807, 2.05) is 36.4 Å². The van der Waals surface area contributed by atoms with Crippen molar-refractivity contribution >= 4 is 40.1 Å². The van der Waals surface area contributed by atoms with Gasteiger partial charge in [0.1, 0.15) is 5.75 Å². The van der Waals surface area contributed by atoms with Gasteiger partial charge in [-0.15, -0.1) is 0 Å². The molecular weight excluding hydrogens is 419 g/mol. The molecular formula is C18H17IN2O3. The molecule has 2 aromatic carbocycles. The largest absolute Gasteiger partial charge is 0.476 e. The predicted molar refractivity (Wildman–Crippen MR) is 100 cm³/mol. The minimum Gasteiger partial charge on any atom is -0.476 e. The number of para-hydroxylation sites is 2. The summed E-state index contributed by atoms with van der Waals surface area (Å²) >= 11 is 2.18. The van der Waals surface area contributed by atoms with Crippen molar-refractivity contribution in [3.8, 4) is 5.75 Å². The Morgan fingerprint density at radius 2 is 1.92 bits per heavy atom. The van der Waals surface area contributed by atoms with Gasteiger partial charge in [0.05, 0.1) is 12.2 Å². The van der Waals surface area contributed by atoms with Crippen LogP contribution in [0.25, 0.3) is 0 Å². The van der Waals surface area contributed by atoms with Crippen LogP contribution in [0.4, 0.5) is 5.69 Å². The predicted octanol–water partition coefficient (Wildman–Crippen LogP) is 2.79. The Morgan fingerprint density at radius 1 is 1.17 bits per heavy atom. The van der Waals surface area contributed by atoms with Crippen molar-refractivity contribution in [1.29, 1.82) is 0 Å². The molecule has 124 valence electrons. The van der Waals surface area contributed by atoms with Crippen molar-refractivity contribution in [2.24, 2.45) is 0 Å². The molecule has 0 bridgehead atoms. The first-order valence-electron chi connectivity index (χ1n) is 7.51. The second kappa shape index (κ2) is 6.80. The zero-order valence-corrected chi connectivity index (χ0v) is 15.6. The van der Waals surface area contributed by atoms with Crippen LogP contribution >= 0.6 is 22.6 Å². The fraction of sp³-hybridized carbons (Fsp3) is 0.222. The van der Waals surface area contributed by atoms with Crippen LogP contribution < -0.4 is 9.64 Å². The van der Waals surface area contributed by atoms with Crippen LogP contribution in [-0.4, -0.2) is 43.5 Å². The lowest BCUT2D eigenvalue weighted by molar-refractivity contribution is -0.135. The van der Waals surface area contributed by atoms with E-state index < -0.39 is 6.10 Å². The Labute approximate surface area is 154 Å². The van der Waals surface area contributed by atoms with Crippen molar-refractivity contribution in [2.75, 3.05) is 25.5 Å². The molecule has 0 saturated heterocycles. The standard InChI is InChI=1S/C18H17IN2O3/c1-20(2)18(23)16-11-21(14-8-3-4-9-15(14)24-16)17(22)12-6-5-7-13(19)10-12/h3-10,16H,11H2,1-2H3/t16-/m0/s1. The van der Waals surface area contributed by atoms with Crippen molar-refractivity contribution < 1.29 is 14.3 Å². The van der Waals surface area contributed by atoms with Crippen LogP contribution in [0.5, 0.6) is 5.75 Å². The molecule has 0 spiro atoms. The molecule has 2 amide bonds. The Morgan fingerprint density at radius 3 is 2.62 bits per heavy atom. The molecule has 24 heavy (non-hydrogen) atoms. The zero-order valence-electron chi connectivity index (χ0n) is 13.4. The van der Waals surface area contributed by atoms with Gasteiger partial charge in [-0.3, -0.25) is 9.59 Å². The minimum atomic E-state index is -0.707. The summed E-state index contributed by atoms with van der Waals surface area (Å²) in [5.74, 6) is 0.244. The molecule has 0 aliphatic carbocycles. The molecule has 2 aromatic rings. The lowest BCUT2D eigenvalue weighted by Gasteiger charge is -2.35. The van der Waals surface area contributed by atoms with Crippen LogP contribution in [0.2, 0.25) is 0 Å². The normalized spacial score (nSPS) is 16.1. The van der Waals surface area contributed by atoms with Gasteiger partial charge in [-0.05, 0) is 52.9 Å². The number of fused-ring (bicyclic) bond motifs is 1. The number of amides is 2. The van der Waals surface area contributed by atoms with Crippen molar-refractivity contribution in [2.45, 2.75) is 6.10 Å². The molecule has 0 radical (unpaired) electrons. The van der Waals surface area contributed by atoms with Gasteiger partial charge < -0.3 is 14.5 Å². The van der Waals surface area contributed by atoms with Crippen molar-refractivity contribution in [1.82, 2.24) is 4.90 Å². The molecule has 0 unspecified atom stereocenters. The molecule has 0 fully saturated rings. The maximum Gasteiger partial charge on any atom is 0.265 e. The van der Waals surface area contributed by atoms with Gasteiger partial charge in [-0.2, -0.15) is 0 Å². The molecule has 5 nitrogen and oxygen atoms in total. The lowest BCUT2D eigenvalue weighted by Crippen LogP contribution is -2.50. The number of carbonyl (C=O) groups excluding carboxylic acids is 2. The quantitative estimate of drug-likeness (QED) is 0.681. The van der Waals surface area contributed by atoms with Crippen LogP contribution in [0.1, 0.15) is 10.4 Å². The number of likely N-dealkylation sites (N-methyl/N-ethyl adjacent to an activating group) is 1. The monoisotopic (exact) mass is 436 g/mol. The smallest absolute Gasteiger partial charge is 0.265 e. The summed E-state index contributed by atoms with van der Waals surface area (Å²) in [7, 11) is 3.36. The van der Waals surface area contributed by atoms with E-state index >= 15 is 0 Å². The molecule has 1 heterocycles. The SMILES string of the molecule is CN(C)C(=O)[C@@H]1CN(C(=O)c2cccc(I)c2)c2ccccc2O1. The number of carbonyl (C=O) groups is 2. The second-order valence-electron chi connectivity index (χ2n) is 5.73. The van der Waals surface area contributed by atoms with E-state index in [1.165, 1.54) is 4.90 Å². The first-order chi connectivity index (χ1) is 11.5. The summed E-state index contributed by atoms with van der Waals surface area (Å²) in [6.45, 7) is 0.193. The third-order valence-corrected chi connectivity index (χ3v) is 4.48. The first-order valence-corrected chi connectivity index (χ1v) is 8.59. The zero-order chi connectivity index (χ0) is 17.3. The number of rotatable bonds is 2. The summed E-state index contributed by atoms with van der Waals surface area (Å²) < 4.78 is 6.80. The average molecular weight is 436 g/mol. The summed E-state index contributed by atoms with van der Waals surface area (Å²) in [5, 5.41) is 0. The van der Waals surface area contributed by atoms with Crippen LogP contribution in [0.3, 0.4) is 0 Å². The van der Waals surface area contributed by atoms with Crippen LogP contribution in [0.15, 0.2) is 48.5 Å². The van der Waals surface area contributed by atoms with Gasteiger partial charge >= 0.3 is 0 Å². The number of hydrogen-bond donors (Lipinski definition) is 0. The highest BCUT2D eigenvalue weighted by Gasteiger charge is 2.34. The summed E-state index contributed by atoms with van der Waals surface area (Å²) in [5.41, 5.74) is 1.28. The first kappa shape index (κ1) is 16.8. The van der Waals surface area contributed by atoms with E-state index in [0.717, 1.165) is 3.57 Å². The Hall–Kier alpha value is -2.09. The van der Waals surface area contributed by atoms with Gasteiger partial charge in [0, 0.05) is 23.2 Å². The Kier molecular flexibility index (Phi) is 4.75. The molecule has 0 N–H and O–H groups in total. The van der Waals surface area contributed by atoms with Crippen molar-refractivity contribution in [3.63, 3.8) is 0 Å². The maximum absolute atomic E-state index is 13.0. The summed E-state index contributed by atoms with van der Waals surface area (Å²) in [4.78, 5) is 28.4. The number of benzene rings is 2. The van der Waals surface area contributed by atoms with Gasteiger partial charge in [0.15, 0.2) is 6.10 Å². The average Bonchev–Trinajstić information content (AvgIpc) is 2.59. The fourth-order valence-corrected chi connectivity index (χ4v) is 3.16. The van der Waals surface area contributed by atoms with Crippen molar-refractivity contribution in [3.05, 3.63) is 57.7 Å². The topological polar surface area (TPSA) is 49.9 Å². The number of hydrogen-bond acceptors (Lipinski definition) is 3. The van der Waals surface area contributed by atoms with E-state index in [-0.39, 0.29) is 18.4 Å². The second-order valence-corrected chi connectivity index (χ2v) is 6.98. The number of halogens is 1. The summed E-state index contributed by atoms with van der Waals surface area (Å²) in [6.07, 6.45) is -0.707. The molecule has 3 rings (SSSR count). The van der Waals surface area contributed by atoms with E-state index in [0.29, 0.717) is 17.0 Å². The van der Waals surface area contributed by atoms with Gasteiger partial charge in [0.25, 0.3) is 11.8 Å². The summed E-state index contributed by atoms with van der Waals surface area (Å²) in [6, 6.07) is 14.7. The van der Waals surface area contributed by atoms with Gasteiger partial charge in [-0.25, -0.2) is 0 Å². The van der Waals surface area contributed by atoms with Gasteiger partial charge in [0.2, 0.25) is 0 Å². The van der Waals surface area contributed by atoms with E-state index in [2.05, 4.69) is 22.6 Å². The van der Waals surface area contributed by atoms with E-state index in [9.17, 15) is 9.59 Å². The number of anilines is 1. The van der Waals surface area contributed by atoms with E-state index in [1.54, 1.807) is 31.1 Å². The highest BCUT2D eigenvalue weighted by atomic mass is 127. The van der Waals surface area contributed by atoms with Crippen LogP contribution in [0, 0.1) is 3.57 Å². The lowest BCUT2D eigenvalue weighted by atomic mass is 10.1. The molecule has 0 aromatic heterocycles. The highest BCUT2D eigenvalue weighted by Crippen LogP contribution is 2.34. The molecule has 1 atom stereocenters. The molecule has 1 aliphatic heterocycles. The molecule has 1 aliphatic rings. The maximum atomic E-state index is 13.0. The molecule has 0 saturated carbocycles. The Balaban J connectivity index is 1.99. The number of nitrogens with zero attached hydrogens (tertiary/aromatic N) is 2. The third kappa shape index (κ3) is 3.24. The highest BCUT2D eigenvalue weighted by molar-refractivity contribution is 14.1. The molecule has 6 heteroatoms.